The van der Waals surface area contributed by atoms with Gasteiger partial charge in [0, 0.05) is 39.4 Å². The van der Waals surface area contributed by atoms with Gasteiger partial charge in [-0.25, -0.2) is 0 Å². The number of hydrogen-bond donors (Lipinski definition) is 0. The van der Waals surface area contributed by atoms with E-state index in [9.17, 15) is 0 Å². The molecule has 0 aromatic carbocycles. The molecule has 1 rings (SSSR count). The molecule has 1 saturated heterocycles. The van der Waals surface area contributed by atoms with Crippen molar-refractivity contribution in [2.75, 3.05) is 59.7 Å². The van der Waals surface area contributed by atoms with E-state index in [4.69, 9.17) is 9.47 Å². The lowest BCUT2D eigenvalue weighted by molar-refractivity contribution is -0.0113. The minimum atomic E-state index is 0.396. The molecular weight excluding hydrogens is 588 g/mol. The fourth-order valence-electron chi connectivity index (χ4n) is 6.27. The van der Waals surface area contributed by atoms with Crippen molar-refractivity contribution >= 4 is 0 Å². The van der Waals surface area contributed by atoms with Crippen LogP contribution in [0.4, 0.5) is 0 Å². The van der Waals surface area contributed by atoms with E-state index in [1.807, 2.05) is 0 Å². The molecule has 0 aliphatic carbocycles. The van der Waals surface area contributed by atoms with Gasteiger partial charge < -0.3 is 14.4 Å². The quantitative estimate of drug-likeness (QED) is 0.0495. The van der Waals surface area contributed by atoms with Gasteiger partial charge >= 0.3 is 0 Å². The van der Waals surface area contributed by atoms with Crippen molar-refractivity contribution in [1.29, 1.82) is 0 Å². The topological polar surface area (TPSA) is 24.9 Å². The first-order valence-electron chi connectivity index (χ1n) is 21.0. The van der Waals surface area contributed by atoms with Gasteiger partial charge in [0.1, 0.15) is 0 Å². The molecule has 0 radical (unpaired) electrons. The van der Waals surface area contributed by atoms with Crippen LogP contribution in [0.15, 0.2) is 48.6 Å². The van der Waals surface area contributed by atoms with Crippen LogP contribution in [-0.4, -0.2) is 75.5 Å². The van der Waals surface area contributed by atoms with Crippen molar-refractivity contribution < 1.29 is 9.47 Å². The predicted octanol–water partition coefficient (Wildman–Crippen LogP) is 12.3. The molecule has 0 aromatic rings. The SMILES string of the molecule is CCCCC/C=C\C/C=C\CCCCCCCCOCC(COCCCCCCCC/C=C/C/C=C/CCCCC)N1CCN(C)CC1. The van der Waals surface area contributed by atoms with Gasteiger partial charge in [0.05, 0.1) is 19.3 Å². The molecule has 0 amide bonds. The van der Waals surface area contributed by atoms with Crippen LogP contribution in [0.1, 0.15) is 168 Å². The van der Waals surface area contributed by atoms with E-state index >= 15 is 0 Å². The Kier molecular flexibility index (Phi) is 34.6. The third kappa shape index (κ3) is 30.8. The lowest BCUT2D eigenvalue weighted by Crippen LogP contribution is -2.52. The zero-order valence-corrected chi connectivity index (χ0v) is 32.5. The Hall–Kier alpha value is -1.20. The van der Waals surface area contributed by atoms with Crippen LogP contribution in [-0.2, 0) is 9.47 Å². The number of piperazine rings is 1. The zero-order chi connectivity index (χ0) is 34.4. The number of ether oxygens (including phenoxy) is 2. The Morgan fingerprint density at radius 1 is 0.438 bits per heavy atom. The van der Waals surface area contributed by atoms with Gasteiger partial charge in [-0.1, -0.05) is 140 Å². The smallest absolute Gasteiger partial charge is 0.0644 e. The lowest BCUT2D eigenvalue weighted by Gasteiger charge is -2.37. The van der Waals surface area contributed by atoms with Crippen LogP contribution in [0.25, 0.3) is 0 Å². The summed E-state index contributed by atoms with van der Waals surface area (Å²) in [7, 11) is 2.23. The number of unbranched alkanes of at least 4 members (excludes halogenated alkanes) is 18. The van der Waals surface area contributed by atoms with Crippen LogP contribution < -0.4 is 0 Å². The minimum absolute atomic E-state index is 0.396. The predicted molar refractivity (Wildman–Crippen MR) is 213 cm³/mol. The average Bonchev–Trinajstić information content (AvgIpc) is 3.10. The average molecular weight is 671 g/mol. The van der Waals surface area contributed by atoms with Gasteiger partial charge in [-0.2, -0.15) is 0 Å². The maximum Gasteiger partial charge on any atom is 0.0644 e. The van der Waals surface area contributed by atoms with Crippen molar-refractivity contribution in [1.82, 2.24) is 9.80 Å². The maximum absolute atomic E-state index is 6.22. The number of allylic oxidation sites excluding steroid dienone is 8. The Morgan fingerprint density at radius 2 is 0.792 bits per heavy atom. The highest BCUT2D eigenvalue weighted by molar-refractivity contribution is 4.93. The fraction of sp³-hybridized carbons (Fsp3) is 0.818. The molecule has 48 heavy (non-hydrogen) atoms. The van der Waals surface area contributed by atoms with Gasteiger partial charge in [0.2, 0.25) is 0 Å². The summed E-state index contributed by atoms with van der Waals surface area (Å²) in [5, 5.41) is 0. The molecule has 0 N–H and O–H groups in total. The highest BCUT2D eigenvalue weighted by atomic mass is 16.5. The summed E-state index contributed by atoms with van der Waals surface area (Å²) in [6, 6.07) is 0.396. The summed E-state index contributed by atoms with van der Waals surface area (Å²) in [6.45, 7) is 12.5. The molecule has 1 unspecified atom stereocenters. The van der Waals surface area contributed by atoms with E-state index in [1.165, 1.54) is 141 Å². The second-order valence-electron chi connectivity index (χ2n) is 14.3. The summed E-state index contributed by atoms with van der Waals surface area (Å²) in [5.41, 5.74) is 0. The van der Waals surface area contributed by atoms with E-state index in [2.05, 4.69) is 79.3 Å². The fourth-order valence-corrected chi connectivity index (χ4v) is 6.27. The highest BCUT2D eigenvalue weighted by Crippen LogP contribution is 2.12. The summed E-state index contributed by atoms with van der Waals surface area (Å²) in [5.74, 6) is 0. The van der Waals surface area contributed by atoms with Crippen LogP contribution in [0, 0.1) is 0 Å². The summed E-state index contributed by atoms with van der Waals surface area (Å²) >= 11 is 0. The second kappa shape index (κ2) is 37.1. The van der Waals surface area contributed by atoms with E-state index in [1.54, 1.807) is 0 Å². The summed E-state index contributed by atoms with van der Waals surface area (Å²) in [4.78, 5) is 5.04. The molecule has 0 saturated carbocycles. The zero-order valence-electron chi connectivity index (χ0n) is 32.5. The first-order chi connectivity index (χ1) is 23.8. The standard InChI is InChI=1S/C44H82N2O2/c1-4-6-8-10-12-14-16-18-20-22-24-26-28-30-32-34-40-47-42-44(46-38-36-45(3)37-39-46)43-48-41-35-33-31-29-27-25-23-21-19-17-15-13-11-9-7-5-2/h12-15,18-21,44H,4-11,16-17,22-43H2,1-3H3/b14-12-,15-13+,20-18-,21-19+. The molecule has 1 heterocycles. The normalized spacial score (nSPS) is 15.7. The Morgan fingerprint density at radius 3 is 1.19 bits per heavy atom. The third-order valence-corrected chi connectivity index (χ3v) is 9.65. The van der Waals surface area contributed by atoms with Crippen molar-refractivity contribution in [2.24, 2.45) is 0 Å². The molecule has 1 atom stereocenters. The van der Waals surface area contributed by atoms with Crippen LogP contribution >= 0.6 is 0 Å². The third-order valence-electron chi connectivity index (χ3n) is 9.65. The second-order valence-corrected chi connectivity index (χ2v) is 14.3. The number of likely N-dealkylation sites (N-methyl/N-ethyl adjacent to an activating group) is 1. The molecule has 0 spiro atoms. The van der Waals surface area contributed by atoms with Gasteiger partial charge in [-0.3, -0.25) is 4.90 Å². The summed E-state index contributed by atoms with van der Waals surface area (Å²) in [6.07, 6.45) is 49.7. The maximum atomic E-state index is 6.22. The van der Waals surface area contributed by atoms with Crippen molar-refractivity contribution in [3.63, 3.8) is 0 Å². The molecule has 1 aliphatic rings. The Balaban J connectivity index is 2.01. The molecule has 1 aliphatic heterocycles. The van der Waals surface area contributed by atoms with Crippen molar-refractivity contribution in [3.05, 3.63) is 48.6 Å². The largest absolute Gasteiger partial charge is 0.380 e. The van der Waals surface area contributed by atoms with E-state index in [-0.39, 0.29) is 0 Å². The Labute approximate surface area is 300 Å². The van der Waals surface area contributed by atoms with E-state index in [0.29, 0.717) is 6.04 Å². The first kappa shape index (κ1) is 44.8. The van der Waals surface area contributed by atoms with E-state index in [0.717, 1.165) is 65.4 Å². The molecule has 280 valence electrons. The van der Waals surface area contributed by atoms with Gasteiger partial charge in [0.25, 0.3) is 0 Å². The molecule has 0 aromatic heterocycles. The molecule has 0 bridgehead atoms. The number of nitrogens with zero attached hydrogens (tertiary/aromatic N) is 2. The molecule has 4 nitrogen and oxygen atoms in total. The highest BCUT2D eigenvalue weighted by Gasteiger charge is 2.22. The Bertz CT molecular complexity index is 701. The number of hydrogen-bond acceptors (Lipinski definition) is 4. The first-order valence-corrected chi connectivity index (χ1v) is 21.0. The minimum Gasteiger partial charge on any atom is -0.380 e. The van der Waals surface area contributed by atoms with Gasteiger partial charge in [-0.05, 0) is 84.1 Å². The molecule has 4 heteroatoms. The van der Waals surface area contributed by atoms with Crippen LogP contribution in [0.2, 0.25) is 0 Å². The van der Waals surface area contributed by atoms with E-state index < -0.39 is 0 Å². The molecule has 1 fully saturated rings. The van der Waals surface area contributed by atoms with Gasteiger partial charge in [-0.15, -0.1) is 0 Å². The van der Waals surface area contributed by atoms with Crippen molar-refractivity contribution in [3.8, 4) is 0 Å². The van der Waals surface area contributed by atoms with Gasteiger partial charge in [0.15, 0.2) is 0 Å². The monoisotopic (exact) mass is 671 g/mol. The molecular formula is C44H82N2O2. The lowest BCUT2D eigenvalue weighted by atomic mass is 10.1. The number of rotatable bonds is 35. The summed E-state index contributed by atoms with van der Waals surface area (Å²) < 4.78 is 12.4. The van der Waals surface area contributed by atoms with Crippen LogP contribution in [0.5, 0.6) is 0 Å². The van der Waals surface area contributed by atoms with Crippen molar-refractivity contribution in [2.45, 2.75) is 174 Å². The van der Waals surface area contributed by atoms with Crippen LogP contribution in [0.3, 0.4) is 0 Å².